The van der Waals surface area contributed by atoms with Gasteiger partial charge in [-0.15, -0.1) is 0 Å². The van der Waals surface area contributed by atoms with E-state index < -0.39 is 0 Å². The van der Waals surface area contributed by atoms with Gasteiger partial charge >= 0.3 is 0 Å². The molecule has 0 radical (unpaired) electrons. The highest BCUT2D eigenvalue weighted by Crippen LogP contribution is 2.24. The Labute approximate surface area is 158 Å². The summed E-state index contributed by atoms with van der Waals surface area (Å²) in [6.45, 7) is 1.41. The quantitative estimate of drug-likeness (QED) is 0.658. The summed E-state index contributed by atoms with van der Waals surface area (Å²) in [5, 5.41) is 0. The van der Waals surface area contributed by atoms with Gasteiger partial charge in [0.2, 0.25) is 5.88 Å². The molecule has 1 aliphatic heterocycles. The molecule has 4 rings (SSSR count). The van der Waals surface area contributed by atoms with Crippen LogP contribution in [0.25, 0.3) is 0 Å². The van der Waals surface area contributed by atoms with Crippen molar-refractivity contribution in [1.29, 1.82) is 0 Å². The highest BCUT2D eigenvalue weighted by molar-refractivity contribution is 5.24. The molecular weight excluding hydrogens is 342 g/mol. The predicted molar refractivity (Wildman–Crippen MR) is 101 cm³/mol. The summed E-state index contributed by atoms with van der Waals surface area (Å²) < 4.78 is 23.1. The molecule has 0 atom stereocenters. The van der Waals surface area contributed by atoms with Crippen molar-refractivity contribution < 1.29 is 18.9 Å². The largest absolute Gasteiger partial charge is 0.487 e. The minimum absolute atomic E-state index is 0.187. The molecule has 1 aliphatic rings. The molecule has 2 aromatic carbocycles. The van der Waals surface area contributed by atoms with Crippen molar-refractivity contribution in [2.75, 3.05) is 13.2 Å². The van der Waals surface area contributed by atoms with E-state index in [2.05, 4.69) is 4.98 Å². The first kappa shape index (κ1) is 17.5. The molecule has 0 N–H and O–H groups in total. The fourth-order valence-electron chi connectivity index (χ4n) is 2.79. The number of nitrogens with zero attached hydrogens (tertiary/aromatic N) is 1. The average Bonchev–Trinajstić information content (AvgIpc) is 2.75. The molecule has 27 heavy (non-hydrogen) atoms. The molecule has 1 fully saturated rings. The Morgan fingerprint density at radius 3 is 2.22 bits per heavy atom. The Kier molecular flexibility index (Phi) is 5.62. The third-order valence-corrected chi connectivity index (χ3v) is 4.18. The van der Waals surface area contributed by atoms with Gasteiger partial charge < -0.3 is 18.9 Å². The highest BCUT2D eigenvalue weighted by atomic mass is 16.7. The number of benzene rings is 2. The van der Waals surface area contributed by atoms with Gasteiger partial charge in [-0.3, -0.25) is 0 Å². The maximum Gasteiger partial charge on any atom is 0.213 e. The van der Waals surface area contributed by atoms with E-state index in [0.29, 0.717) is 31.5 Å². The van der Waals surface area contributed by atoms with Crippen LogP contribution in [-0.4, -0.2) is 24.3 Å². The van der Waals surface area contributed by atoms with Gasteiger partial charge in [0.05, 0.1) is 19.4 Å². The SMILES string of the molecule is c1ccc(COc2ccc(OC3COC(c4ccccc4)OC3)nc2)cc1. The van der Waals surface area contributed by atoms with Gasteiger partial charge in [0.25, 0.3) is 0 Å². The first-order valence-corrected chi connectivity index (χ1v) is 8.94. The van der Waals surface area contributed by atoms with Crippen LogP contribution < -0.4 is 9.47 Å². The van der Waals surface area contributed by atoms with E-state index in [-0.39, 0.29) is 12.4 Å². The maximum absolute atomic E-state index is 5.84. The van der Waals surface area contributed by atoms with Crippen molar-refractivity contribution in [3.63, 3.8) is 0 Å². The lowest BCUT2D eigenvalue weighted by Crippen LogP contribution is -2.35. The Hall–Kier alpha value is -2.89. The van der Waals surface area contributed by atoms with E-state index in [0.717, 1.165) is 11.1 Å². The number of hydrogen-bond acceptors (Lipinski definition) is 5. The van der Waals surface area contributed by atoms with Crippen LogP contribution in [-0.2, 0) is 16.1 Å². The normalized spacial score (nSPS) is 19.4. The van der Waals surface area contributed by atoms with Crippen molar-refractivity contribution in [3.8, 4) is 11.6 Å². The average molecular weight is 363 g/mol. The van der Waals surface area contributed by atoms with E-state index in [1.807, 2.05) is 66.7 Å². The molecule has 5 nitrogen and oxygen atoms in total. The molecule has 2 heterocycles. The van der Waals surface area contributed by atoms with E-state index in [1.165, 1.54) is 0 Å². The van der Waals surface area contributed by atoms with Gasteiger partial charge in [-0.25, -0.2) is 4.98 Å². The topological polar surface area (TPSA) is 49.8 Å². The van der Waals surface area contributed by atoms with E-state index in [9.17, 15) is 0 Å². The van der Waals surface area contributed by atoms with E-state index >= 15 is 0 Å². The van der Waals surface area contributed by atoms with Crippen molar-refractivity contribution in [2.45, 2.75) is 19.0 Å². The zero-order valence-electron chi connectivity index (χ0n) is 14.9. The van der Waals surface area contributed by atoms with Crippen LogP contribution in [0.15, 0.2) is 79.0 Å². The Balaban J connectivity index is 1.25. The van der Waals surface area contributed by atoms with Crippen LogP contribution in [0.1, 0.15) is 17.4 Å². The molecule has 138 valence electrons. The third kappa shape index (κ3) is 4.84. The third-order valence-electron chi connectivity index (χ3n) is 4.18. The highest BCUT2D eigenvalue weighted by Gasteiger charge is 2.24. The fraction of sp³-hybridized carbons (Fsp3) is 0.227. The molecular formula is C22H21NO4. The monoisotopic (exact) mass is 363 g/mol. The van der Waals surface area contributed by atoms with Crippen molar-refractivity contribution in [1.82, 2.24) is 4.98 Å². The Morgan fingerprint density at radius 2 is 1.56 bits per heavy atom. The number of aromatic nitrogens is 1. The molecule has 0 bridgehead atoms. The van der Waals surface area contributed by atoms with E-state index in [1.54, 1.807) is 12.3 Å². The first-order valence-electron chi connectivity index (χ1n) is 8.94. The first-order chi connectivity index (χ1) is 13.4. The predicted octanol–water partition coefficient (Wildman–Crippen LogP) is 4.15. The lowest BCUT2D eigenvalue weighted by Gasteiger charge is -2.29. The summed E-state index contributed by atoms with van der Waals surface area (Å²) in [5.74, 6) is 1.23. The van der Waals surface area contributed by atoms with Crippen molar-refractivity contribution in [2.24, 2.45) is 0 Å². The second-order valence-electron chi connectivity index (χ2n) is 6.26. The molecule has 1 saturated heterocycles. The second-order valence-corrected chi connectivity index (χ2v) is 6.26. The summed E-state index contributed by atoms with van der Waals surface area (Å²) in [4.78, 5) is 4.30. The second kappa shape index (κ2) is 8.66. The van der Waals surface area contributed by atoms with Crippen molar-refractivity contribution >= 4 is 0 Å². The van der Waals surface area contributed by atoms with Crippen molar-refractivity contribution in [3.05, 3.63) is 90.1 Å². The minimum Gasteiger partial charge on any atom is -0.487 e. The number of ether oxygens (including phenoxy) is 4. The number of hydrogen-bond donors (Lipinski definition) is 0. The van der Waals surface area contributed by atoms with Crippen LogP contribution in [0.2, 0.25) is 0 Å². The Bertz CT molecular complexity index is 816. The van der Waals surface area contributed by atoms with Crippen LogP contribution in [0, 0.1) is 0 Å². The Morgan fingerprint density at radius 1 is 0.852 bits per heavy atom. The molecule has 5 heteroatoms. The smallest absolute Gasteiger partial charge is 0.213 e. The molecule has 0 amide bonds. The summed E-state index contributed by atoms with van der Waals surface area (Å²) in [5.41, 5.74) is 2.12. The minimum atomic E-state index is -0.340. The van der Waals surface area contributed by atoms with Crippen LogP contribution >= 0.6 is 0 Å². The summed E-state index contributed by atoms with van der Waals surface area (Å²) >= 11 is 0. The summed E-state index contributed by atoms with van der Waals surface area (Å²) in [6, 6.07) is 23.5. The van der Waals surface area contributed by atoms with Gasteiger partial charge in [0.1, 0.15) is 18.5 Å². The molecule has 0 aliphatic carbocycles. The van der Waals surface area contributed by atoms with Gasteiger partial charge in [0, 0.05) is 11.6 Å². The lowest BCUT2D eigenvalue weighted by molar-refractivity contribution is -0.216. The van der Waals surface area contributed by atoms with Gasteiger partial charge in [-0.1, -0.05) is 60.7 Å². The lowest BCUT2D eigenvalue weighted by atomic mass is 10.2. The van der Waals surface area contributed by atoms with Gasteiger partial charge in [-0.2, -0.15) is 0 Å². The molecule has 0 saturated carbocycles. The summed E-state index contributed by atoms with van der Waals surface area (Å²) in [7, 11) is 0. The van der Waals surface area contributed by atoms with Crippen LogP contribution in [0.5, 0.6) is 11.6 Å². The molecule has 0 spiro atoms. The standard InChI is InChI=1S/C22H21NO4/c1-3-7-17(8-4-1)14-24-19-11-12-21(23-13-19)27-20-15-25-22(26-16-20)18-9-5-2-6-10-18/h1-13,20,22H,14-16H2. The number of pyridine rings is 1. The van der Waals surface area contributed by atoms with Gasteiger partial charge in [0.15, 0.2) is 6.29 Å². The zero-order valence-corrected chi connectivity index (χ0v) is 14.9. The summed E-state index contributed by atoms with van der Waals surface area (Å²) in [6.07, 6.45) is 1.14. The van der Waals surface area contributed by atoms with Gasteiger partial charge in [-0.05, 0) is 11.6 Å². The zero-order chi connectivity index (χ0) is 18.3. The number of rotatable bonds is 6. The molecule has 0 unspecified atom stereocenters. The maximum atomic E-state index is 5.84. The molecule has 3 aromatic rings. The van der Waals surface area contributed by atoms with E-state index in [4.69, 9.17) is 18.9 Å². The van der Waals surface area contributed by atoms with Crippen LogP contribution in [0.4, 0.5) is 0 Å². The molecule has 1 aromatic heterocycles. The fourth-order valence-corrected chi connectivity index (χ4v) is 2.79. The van der Waals surface area contributed by atoms with Crippen LogP contribution in [0.3, 0.4) is 0 Å².